The Morgan fingerprint density at radius 2 is 1.00 bits per heavy atom. The zero-order valence-corrected chi connectivity index (χ0v) is 20.1. The molecule has 0 N–H and O–H groups in total. The van der Waals surface area contributed by atoms with Gasteiger partial charge in [0.25, 0.3) is 0 Å². The molecule has 0 saturated carbocycles. The summed E-state index contributed by atoms with van der Waals surface area (Å²) in [5.41, 5.74) is 4.06. The molecule has 5 rings (SSSR count). The van der Waals surface area contributed by atoms with Crippen molar-refractivity contribution in [3.05, 3.63) is 132 Å². The van der Waals surface area contributed by atoms with Crippen molar-refractivity contribution in [3.63, 3.8) is 0 Å². The lowest BCUT2D eigenvalue weighted by Gasteiger charge is -2.09. The normalized spacial score (nSPS) is 10.5. The third-order valence-corrected chi connectivity index (χ3v) is 5.65. The number of rotatable bonds is 6. The molecular weight excluding hydrogens is 488 g/mol. The van der Waals surface area contributed by atoms with Crippen LogP contribution in [0.25, 0.3) is 22.5 Å². The molecule has 0 aliphatic carbocycles. The maximum Gasteiger partial charge on any atom is 0.343 e. The van der Waals surface area contributed by atoms with Gasteiger partial charge in [-0.15, -0.1) is 0 Å². The maximum atomic E-state index is 12.7. The first-order valence-electron chi connectivity index (χ1n) is 11.3. The molecular formula is C30H19ClN2O4. The summed E-state index contributed by atoms with van der Waals surface area (Å²) in [5, 5.41) is 0.254. The Bertz CT molecular complexity index is 1420. The smallest absolute Gasteiger partial charge is 0.343 e. The van der Waals surface area contributed by atoms with E-state index in [-0.39, 0.29) is 16.5 Å². The van der Waals surface area contributed by atoms with Crippen molar-refractivity contribution in [2.45, 2.75) is 0 Å². The fraction of sp³-hybridized carbons (Fsp3) is 0. The minimum atomic E-state index is -0.572. The summed E-state index contributed by atoms with van der Waals surface area (Å²) in [6.07, 6.45) is 3.41. The molecule has 0 radical (unpaired) electrons. The van der Waals surface area contributed by atoms with Gasteiger partial charge in [0.15, 0.2) is 0 Å². The van der Waals surface area contributed by atoms with Crippen LogP contribution in [0.2, 0.25) is 5.02 Å². The Morgan fingerprint density at radius 3 is 1.38 bits per heavy atom. The number of hydrogen-bond donors (Lipinski definition) is 0. The fourth-order valence-corrected chi connectivity index (χ4v) is 3.82. The van der Waals surface area contributed by atoms with Crippen molar-refractivity contribution in [2.75, 3.05) is 0 Å². The zero-order chi connectivity index (χ0) is 25.6. The second kappa shape index (κ2) is 10.8. The van der Waals surface area contributed by atoms with Gasteiger partial charge < -0.3 is 9.47 Å². The third kappa shape index (κ3) is 5.89. The van der Waals surface area contributed by atoms with Crippen LogP contribution in [0.1, 0.15) is 20.7 Å². The van der Waals surface area contributed by atoms with Gasteiger partial charge in [0.2, 0.25) is 0 Å². The number of ether oxygens (including phenoxy) is 2. The van der Waals surface area contributed by atoms with E-state index in [0.29, 0.717) is 11.1 Å². The summed E-state index contributed by atoms with van der Waals surface area (Å²) in [6, 6.07) is 29.4. The largest absolute Gasteiger partial charge is 0.423 e. The summed E-state index contributed by atoms with van der Waals surface area (Å²) in [7, 11) is 0. The van der Waals surface area contributed by atoms with Crippen LogP contribution >= 0.6 is 11.6 Å². The SMILES string of the molecule is O=C(Oc1cc(Cl)cc(OC(=O)c2ccc(-c3ccccn3)cc2)c1)c1ccc(-c2ccccn2)cc1. The Hall–Kier alpha value is -4.81. The second-order valence-corrected chi connectivity index (χ2v) is 8.42. The summed E-state index contributed by atoms with van der Waals surface area (Å²) >= 11 is 6.19. The fourth-order valence-electron chi connectivity index (χ4n) is 3.61. The molecule has 0 spiro atoms. The molecule has 180 valence electrons. The van der Waals surface area contributed by atoms with E-state index < -0.39 is 11.9 Å². The lowest BCUT2D eigenvalue weighted by Crippen LogP contribution is -2.10. The van der Waals surface area contributed by atoms with Crippen LogP contribution < -0.4 is 9.47 Å². The monoisotopic (exact) mass is 506 g/mol. The quantitative estimate of drug-likeness (QED) is 0.184. The first kappa shape index (κ1) is 23.9. The molecule has 2 heterocycles. The van der Waals surface area contributed by atoms with Crippen LogP contribution in [-0.4, -0.2) is 21.9 Å². The van der Waals surface area contributed by atoms with Crippen LogP contribution in [0.5, 0.6) is 11.5 Å². The van der Waals surface area contributed by atoms with E-state index in [9.17, 15) is 9.59 Å². The molecule has 0 saturated heterocycles. The van der Waals surface area contributed by atoms with Gasteiger partial charge in [0.1, 0.15) is 11.5 Å². The number of aromatic nitrogens is 2. The number of nitrogens with zero attached hydrogens (tertiary/aromatic N) is 2. The Kier molecular flexibility index (Phi) is 7.01. The Balaban J connectivity index is 1.26. The highest BCUT2D eigenvalue weighted by atomic mass is 35.5. The van der Waals surface area contributed by atoms with E-state index in [2.05, 4.69) is 9.97 Å². The molecule has 0 bridgehead atoms. The minimum absolute atomic E-state index is 0.152. The second-order valence-electron chi connectivity index (χ2n) is 7.99. The highest BCUT2D eigenvalue weighted by Gasteiger charge is 2.14. The van der Waals surface area contributed by atoms with Crippen molar-refractivity contribution in [2.24, 2.45) is 0 Å². The molecule has 6 nitrogen and oxygen atoms in total. The van der Waals surface area contributed by atoms with Crippen molar-refractivity contribution < 1.29 is 19.1 Å². The van der Waals surface area contributed by atoms with E-state index in [4.69, 9.17) is 21.1 Å². The van der Waals surface area contributed by atoms with Crippen molar-refractivity contribution in [1.82, 2.24) is 9.97 Å². The Labute approximate surface area is 218 Å². The summed E-state index contributed by atoms with van der Waals surface area (Å²) < 4.78 is 11.0. The van der Waals surface area contributed by atoms with Gasteiger partial charge in [-0.25, -0.2) is 9.59 Å². The molecule has 0 aliphatic rings. The summed E-state index contributed by atoms with van der Waals surface area (Å²) in [5.74, 6) is -0.839. The van der Waals surface area contributed by atoms with Crippen LogP contribution in [0.3, 0.4) is 0 Å². The van der Waals surface area contributed by atoms with Gasteiger partial charge in [-0.1, -0.05) is 48.0 Å². The minimum Gasteiger partial charge on any atom is -0.423 e. The van der Waals surface area contributed by atoms with E-state index in [1.54, 1.807) is 60.9 Å². The number of pyridine rings is 2. The molecule has 0 aliphatic heterocycles. The lowest BCUT2D eigenvalue weighted by atomic mass is 10.1. The van der Waals surface area contributed by atoms with E-state index in [1.165, 1.54) is 18.2 Å². The molecule has 0 amide bonds. The third-order valence-electron chi connectivity index (χ3n) is 5.43. The van der Waals surface area contributed by atoms with Gasteiger partial charge in [-0.3, -0.25) is 9.97 Å². The highest BCUT2D eigenvalue weighted by molar-refractivity contribution is 6.30. The summed E-state index contributed by atoms with van der Waals surface area (Å²) in [6.45, 7) is 0. The molecule has 0 fully saturated rings. The molecule has 0 unspecified atom stereocenters. The van der Waals surface area contributed by atoms with Gasteiger partial charge in [0, 0.05) is 34.6 Å². The first-order valence-corrected chi connectivity index (χ1v) is 11.7. The topological polar surface area (TPSA) is 78.4 Å². The Morgan fingerprint density at radius 1 is 0.568 bits per heavy atom. The molecule has 5 aromatic rings. The lowest BCUT2D eigenvalue weighted by molar-refractivity contribution is 0.0733. The van der Waals surface area contributed by atoms with Crippen LogP contribution in [0, 0.1) is 0 Å². The van der Waals surface area contributed by atoms with Gasteiger partial charge in [-0.2, -0.15) is 0 Å². The van der Waals surface area contributed by atoms with Crippen molar-refractivity contribution >= 4 is 23.5 Å². The molecule has 7 heteroatoms. The first-order chi connectivity index (χ1) is 18.0. The molecule has 2 aromatic heterocycles. The number of benzene rings is 3. The predicted molar refractivity (Wildman–Crippen MR) is 141 cm³/mol. The molecule has 3 aromatic carbocycles. The van der Waals surface area contributed by atoms with Gasteiger partial charge in [0.05, 0.1) is 22.5 Å². The van der Waals surface area contributed by atoms with Crippen LogP contribution in [0.4, 0.5) is 0 Å². The predicted octanol–water partition coefficient (Wildman–Crippen LogP) is 6.90. The number of hydrogen-bond acceptors (Lipinski definition) is 6. The van der Waals surface area contributed by atoms with Crippen LogP contribution in [0.15, 0.2) is 116 Å². The number of halogens is 1. The zero-order valence-electron chi connectivity index (χ0n) is 19.4. The van der Waals surface area contributed by atoms with Crippen molar-refractivity contribution in [3.8, 4) is 34.0 Å². The maximum absolute atomic E-state index is 12.7. The van der Waals surface area contributed by atoms with E-state index in [1.807, 2.05) is 36.4 Å². The number of carbonyl (C=O) groups excluding carboxylic acids is 2. The average Bonchev–Trinajstić information content (AvgIpc) is 2.94. The molecule has 0 atom stereocenters. The highest BCUT2D eigenvalue weighted by Crippen LogP contribution is 2.28. The van der Waals surface area contributed by atoms with Crippen molar-refractivity contribution in [1.29, 1.82) is 0 Å². The average molecular weight is 507 g/mol. The van der Waals surface area contributed by atoms with E-state index in [0.717, 1.165) is 22.5 Å². The van der Waals surface area contributed by atoms with Crippen LogP contribution in [-0.2, 0) is 0 Å². The van der Waals surface area contributed by atoms with Gasteiger partial charge >= 0.3 is 11.9 Å². The van der Waals surface area contributed by atoms with E-state index >= 15 is 0 Å². The standard InChI is InChI=1S/C30H19ClN2O4/c31-24-17-25(36-29(34)22-11-7-20(8-12-22)27-5-1-3-15-32-27)19-26(18-24)37-30(35)23-13-9-21(10-14-23)28-6-2-4-16-33-28/h1-19H. The summed E-state index contributed by atoms with van der Waals surface area (Å²) in [4.78, 5) is 34.0. The number of carbonyl (C=O) groups is 2. The number of esters is 2. The van der Waals surface area contributed by atoms with Gasteiger partial charge in [-0.05, 0) is 60.7 Å². The molecule has 37 heavy (non-hydrogen) atoms.